The van der Waals surface area contributed by atoms with Gasteiger partial charge >= 0.3 is 6.15 Å². The predicted molar refractivity (Wildman–Crippen MR) is 111 cm³/mol. The summed E-state index contributed by atoms with van der Waals surface area (Å²) in [4.78, 5) is 67.1. The van der Waals surface area contributed by atoms with Crippen molar-refractivity contribution in [3.05, 3.63) is 0 Å². The molecule has 3 rings (SSSR count). The quantitative estimate of drug-likeness (QED) is 0.689. The van der Waals surface area contributed by atoms with Crippen LogP contribution in [0.5, 0.6) is 0 Å². The third-order valence-electron chi connectivity index (χ3n) is 8.22. The zero-order valence-electron chi connectivity index (χ0n) is 19.1. The largest absolute Gasteiger partial charge is 0.373 e. The van der Waals surface area contributed by atoms with E-state index in [2.05, 4.69) is 19.2 Å². The van der Waals surface area contributed by atoms with E-state index < -0.39 is 10.8 Å². The van der Waals surface area contributed by atoms with E-state index in [0.717, 1.165) is 12.8 Å². The van der Waals surface area contributed by atoms with E-state index in [0.29, 0.717) is 38.1 Å². The third kappa shape index (κ3) is 4.87. The average molecular weight is 434 g/mol. The first kappa shape index (κ1) is 25.1. The highest BCUT2D eigenvalue weighted by Crippen LogP contribution is 2.60. The molecule has 3 fully saturated rings. The molecule has 31 heavy (non-hydrogen) atoms. The molecule has 0 unspecified atom stereocenters. The third-order valence-corrected chi connectivity index (χ3v) is 8.22. The molecule has 7 heteroatoms. The minimum Gasteiger partial charge on any atom is -0.356 e. The van der Waals surface area contributed by atoms with E-state index in [1.807, 2.05) is 13.8 Å². The Labute approximate surface area is 184 Å². The van der Waals surface area contributed by atoms with Gasteiger partial charge in [0.2, 0.25) is 5.91 Å². The summed E-state index contributed by atoms with van der Waals surface area (Å²) in [6, 6.07) is 0. The number of fused-ring (bicyclic) bond motifs is 3. The van der Waals surface area contributed by atoms with Crippen molar-refractivity contribution in [2.24, 2.45) is 34.5 Å². The Kier molecular flexibility index (Phi) is 8.09. The smallest absolute Gasteiger partial charge is 0.356 e. The van der Waals surface area contributed by atoms with Gasteiger partial charge < -0.3 is 5.32 Å². The summed E-state index contributed by atoms with van der Waals surface area (Å²) >= 11 is 0. The van der Waals surface area contributed by atoms with Crippen LogP contribution in [-0.4, -0.2) is 36.0 Å². The SMILES string of the molecule is CC[C@H](C)CNC(=O)CC[C@@]1(C)C(=O)CC[C@@H]2[C@@H]1C(=O)C[C@]1(C)C(=O)CC[C@@H]21.O=C=O. The van der Waals surface area contributed by atoms with E-state index in [1.165, 1.54) is 0 Å². The van der Waals surface area contributed by atoms with Crippen molar-refractivity contribution in [2.75, 3.05) is 6.54 Å². The number of amides is 1. The summed E-state index contributed by atoms with van der Waals surface area (Å²) in [5.41, 5.74) is -1.31. The second-order valence-corrected chi connectivity index (χ2v) is 10.1. The lowest BCUT2D eigenvalue weighted by molar-refractivity contribution is -0.191. The zero-order chi connectivity index (χ0) is 23.4. The van der Waals surface area contributed by atoms with Gasteiger partial charge in [0.25, 0.3) is 0 Å². The highest BCUT2D eigenvalue weighted by atomic mass is 16.2. The Morgan fingerprint density at radius 2 is 1.74 bits per heavy atom. The van der Waals surface area contributed by atoms with E-state index in [9.17, 15) is 19.2 Å². The molecule has 6 atom stereocenters. The van der Waals surface area contributed by atoms with Crippen molar-refractivity contribution < 1.29 is 28.8 Å². The van der Waals surface area contributed by atoms with Gasteiger partial charge in [-0.1, -0.05) is 34.1 Å². The molecule has 172 valence electrons. The molecule has 0 aromatic carbocycles. The molecule has 1 amide bonds. The van der Waals surface area contributed by atoms with Gasteiger partial charge in [0.1, 0.15) is 17.3 Å². The Bertz CT molecular complexity index is 770. The summed E-state index contributed by atoms with van der Waals surface area (Å²) in [6.07, 6.45) is 4.77. The van der Waals surface area contributed by atoms with Gasteiger partial charge in [-0.05, 0) is 37.0 Å². The van der Waals surface area contributed by atoms with Gasteiger partial charge in [-0.3, -0.25) is 19.2 Å². The Morgan fingerprint density at radius 1 is 1.13 bits per heavy atom. The summed E-state index contributed by atoms with van der Waals surface area (Å²) in [5, 5.41) is 2.96. The monoisotopic (exact) mass is 433 g/mol. The fourth-order valence-corrected chi connectivity index (χ4v) is 6.10. The van der Waals surface area contributed by atoms with Crippen molar-refractivity contribution in [3.8, 4) is 0 Å². The van der Waals surface area contributed by atoms with Crippen molar-refractivity contribution in [1.29, 1.82) is 0 Å². The topological polar surface area (TPSA) is 114 Å². The fourth-order valence-electron chi connectivity index (χ4n) is 6.10. The molecule has 0 radical (unpaired) electrons. The number of nitrogens with one attached hydrogen (secondary N) is 1. The number of hydrogen-bond donors (Lipinski definition) is 1. The van der Waals surface area contributed by atoms with Crippen LogP contribution in [0.2, 0.25) is 0 Å². The maximum Gasteiger partial charge on any atom is 0.373 e. The van der Waals surface area contributed by atoms with Gasteiger partial charge in [-0.15, -0.1) is 0 Å². The van der Waals surface area contributed by atoms with Crippen LogP contribution in [0.25, 0.3) is 0 Å². The molecule has 0 aliphatic heterocycles. The van der Waals surface area contributed by atoms with Crippen LogP contribution >= 0.6 is 0 Å². The van der Waals surface area contributed by atoms with Crippen molar-refractivity contribution in [3.63, 3.8) is 0 Å². The summed E-state index contributed by atoms with van der Waals surface area (Å²) in [6.45, 7) is 8.68. The zero-order valence-corrected chi connectivity index (χ0v) is 19.1. The van der Waals surface area contributed by atoms with E-state index in [1.54, 1.807) is 0 Å². The second kappa shape index (κ2) is 9.99. The standard InChI is InChI=1S/C23H35NO4.CO2/c1-5-14(2)13-24-20(28)10-11-22(3)18(26)8-6-15-16-7-9-19(27)23(16,4)12-17(25)21(15)22;2-1-3/h14-16,21H,5-13H2,1-4H3,(H,24,28);/t14-,15-,16-,21+,22-,23-;/m0./s1. The number of hydrogen-bond acceptors (Lipinski definition) is 6. The second-order valence-electron chi connectivity index (χ2n) is 10.1. The number of Topliss-reactive ketones (excluding diaryl/α,β-unsaturated/α-hetero) is 3. The van der Waals surface area contributed by atoms with Crippen molar-refractivity contribution in [1.82, 2.24) is 5.32 Å². The molecule has 0 aromatic heterocycles. The van der Waals surface area contributed by atoms with Crippen LogP contribution in [-0.2, 0) is 28.8 Å². The molecule has 0 aromatic rings. The number of carbonyl (C=O) groups is 4. The molecular formula is C24H35NO6. The van der Waals surface area contributed by atoms with Gasteiger partial charge in [-0.2, -0.15) is 9.59 Å². The molecule has 0 heterocycles. The summed E-state index contributed by atoms with van der Waals surface area (Å²) in [7, 11) is 0. The lowest BCUT2D eigenvalue weighted by Gasteiger charge is -2.52. The average Bonchev–Trinajstić information content (AvgIpc) is 3.02. The van der Waals surface area contributed by atoms with Gasteiger partial charge in [0.15, 0.2) is 0 Å². The molecule has 7 nitrogen and oxygen atoms in total. The molecule has 3 aliphatic rings. The van der Waals surface area contributed by atoms with Crippen LogP contribution in [0.3, 0.4) is 0 Å². The van der Waals surface area contributed by atoms with Crippen molar-refractivity contribution >= 4 is 29.4 Å². The van der Waals surface area contributed by atoms with E-state index in [-0.39, 0.29) is 60.0 Å². The first-order valence-corrected chi connectivity index (χ1v) is 11.4. The van der Waals surface area contributed by atoms with Crippen LogP contribution < -0.4 is 5.32 Å². The highest BCUT2D eigenvalue weighted by molar-refractivity contribution is 5.99. The van der Waals surface area contributed by atoms with Gasteiger partial charge in [0.05, 0.1) is 0 Å². The number of rotatable bonds is 6. The summed E-state index contributed by atoms with van der Waals surface area (Å²) in [5.74, 6) is 0.753. The Morgan fingerprint density at radius 3 is 2.35 bits per heavy atom. The van der Waals surface area contributed by atoms with E-state index >= 15 is 0 Å². The summed E-state index contributed by atoms with van der Waals surface area (Å²) < 4.78 is 0. The lowest BCUT2D eigenvalue weighted by Crippen LogP contribution is -2.56. The molecule has 0 spiro atoms. The normalized spacial score (nSPS) is 35.2. The fraction of sp³-hybridized carbons (Fsp3) is 0.792. The number of carbonyl (C=O) groups excluding carboxylic acids is 6. The first-order chi connectivity index (χ1) is 14.5. The Balaban J connectivity index is 0.00000107. The highest BCUT2D eigenvalue weighted by Gasteiger charge is 2.62. The molecule has 3 aliphatic carbocycles. The molecule has 3 saturated carbocycles. The van der Waals surface area contributed by atoms with Crippen LogP contribution in [0.4, 0.5) is 0 Å². The molecule has 0 bridgehead atoms. The molecular weight excluding hydrogens is 398 g/mol. The Hall–Kier alpha value is -2.14. The van der Waals surface area contributed by atoms with Gasteiger partial charge in [0, 0.05) is 49.0 Å². The van der Waals surface area contributed by atoms with Crippen LogP contribution in [0.15, 0.2) is 0 Å². The van der Waals surface area contributed by atoms with Crippen molar-refractivity contribution in [2.45, 2.75) is 79.1 Å². The van der Waals surface area contributed by atoms with Crippen LogP contribution in [0.1, 0.15) is 79.1 Å². The maximum absolute atomic E-state index is 13.2. The number of ketones is 3. The molecule has 0 saturated heterocycles. The lowest BCUT2D eigenvalue weighted by atomic mass is 9.48. The predicted octanol–water partition coefficient (Wildman–Crippen LogP) is 2.91. The maximum atomic E-state index is 13.2. The van der Waals surface area contributed by atoms with Crippen LogP contribution in [0, 0.1) is 34.5 Å². The molecule has 1 N–H and O–H groups in total. The first-order valence-electron chi connectivity index (χ1n) is 11.4. The minimum absolute atomic E-state index is 0.0411. The van der Waals surface area contributed by atoms with Gasteiger partial charge in [-0.25, -0.2) is 0 Å². The van der Waals surface area contributed by atoms with E-state index in [4.69, 9.17) is 9.59 Å². The minimum atomic E-state index is -0.777.